The number of para-hydroxylation sites is 2. The highest BCUT2D eigenvalue weighted by atomic mass is 16.6. The Morgan fingerprint density at radius 3 is 2.57 bits per heavy atom. The topological polar surface area (TPSA) is 108 Å². The Kier molecular flexibility index (Phi) is 5.53. The summed E-state index contributed by atoms with van der Waals surface area (Å²) in [5.41, 5.74) is 3.13. The highest BCUT2D eigenvalue weighted by Gasteiger charge is 2.24. The Labute approximate surface area is 172 Å². The van der Waals surface area contributed by atoms with E-state index in [1.165, 1.54) is 6.07 Å². The molecular formula is C21H20N4O5. The molecule has 4 rings (SSSR count). The van der Waals surface area contributed by atoms with Gasteiger partial charge in [-0.25, -0.2) is 14.8 Å². The fourth-order valence-electron chi connectivity index (χ4n) is 3.35. The fourth-order valence-corrected chi connectivity index (χ4v) is 3.35. The summed E-state index contributed by atoms with van der Waals surface area (Å²) >= 11 is 0. The van der Waals surface area contributed by atoms with Crippen molar-refractivity contribution in [1.29, 1.82) is 0 Å². The Morgan fingerprint density at radius 1 is 1.17 bits per heavy atom. The van der Waals surface area contributed by atoms with Gasteiger partial charge in [-0.3, -0.25) is 10.1 Å². The molecule has 0 bridgehead atoms. The number of nitro benzene ring substituents is 1. The largest absolute Gasteiger partial charge is 0.456 e. The van der Waals surface area contributed by atoms with Gasteiger partial charge in [0.05, 0.1) is 46.1 Å². The first-order chi connectivity index (χ1) is 14.5. The third-order valence-corrected chi connectivity index (χ3v) is 4.94. The van der Waals surface area contributed by atoms with Gasteiger partial charge in [-0.2, -0.15) is 0 Å². The lowest BCUT2D eigenvalue weighted by Crippen LogP contribution is -2.36. The van der Waals surface area contributed by atoms with Crippen LogP contribution in [0.15, 0.2) is 42.5 Å². The van der Waals surface area contributed by atoms with E-state index in [4.69, 9.17) is 9.47 Å². The number of nitro groups is 1. The summed E-state index contributed by atoms with van der Waals surface area (Å²) in [5, 5.41) is 11.6. The molecule has 30 heavy (non-hydrogen) atoms. The van der Waals surface area contributed by atoms with Gasteiger partial charge in [0.15, 0.2) is 0 Å². The highest BCUT2D eigenvalue weighted by molar-refractivity contribution is 5.91. The van der Waals surface area contributed by atoms with Crippen LogP contribution >= 0.6 is 0 Å². The summed E-state index contributed by atoms with van der Waals surface area (Å²) in [6.45, 7) is 3.86. The van der Waals surface area contributed by atoms with Crippen molar-refractivity contribution >= 4 is 28.4 Å². The first-order valence-electron chi connectivity index (χ1n) is 9.53. The Bertz CT molecular complexity index is 1110. The Balaban J connectivity index is 1.52. The number of benzene rings is 2. The molecule has 3 aromatic rings. The zero-order valence-corrected chi connectivity index (χ0v) is 16.4. The van der Waals surface area contributed by atoms with Crippen LogP contribution in [0.4, 0.5) is 11.4 Å². The number of aryl methyl sites for hydroxylation is 1. The van der Waals surface area contributed by atoms with Gasteiger partial charge < -0.3 is 14.4 Å². The maximum Gasteiger partial charge on any atom is 0.338 e. The van der Waals surface area contributed by atoms with Crippen molar-refractivity contribution in [3.63, 3.8) is 0 Å². The molecule has 1 fully saturated rings. The summed E-state index contributed by atoms with van der Waals surface area (Å²) in [6.07, 6.45) is 0. The molecule has 0 amide bonds. The normalized spacial score (nSPS) is 14.0. The van der Waals surface area contributed by atoms with Crippen LogP contribution in [0.5, 0.6) is 0 Å². The van der Waals surface area contributed by atoms with Crippen molar-refractivity contribution in [2.24, 2.45) is 0 Å². The number of fused-ring (bicyclic) bond motifs is 1. The molecule has 0 aliphatic carbocycles. The summed E-state index contributed by atoms with van der Waals surface area (Å²) in [4.78, 5) is 34.5. The molecule has 0 spiro atoms. The third-order valence-electron chi connectivity index (χ3n) is 4.94. The van der Waals surface area contributed by atoms with Gasteiger partial charge in [-0.05, 0) is 31.2 Å². The Morgan fingerprint density at radius 2 is 1.87 bits per heavy atom. The zero-order valence-electron chi connectivity index (χ0n) is 16.4. The van der Waals surface area contributed by atoms with Gasteiger partial charge in [0.1, 0.15) is 12.3 Å². The standard InChI is InChI=1S/C21H20N4O5/c1-14-18(23-17-5-3-2-4-16(17)22-14)13-30-21(26)15-6-7-19(20(12-15)25(27)28)24-8-10-29-11-9-24/h2-7,12H,8-11,13H2,1H3. The van der Waals surface area contributed by atoms with Crippen LogP contribution in [-0.2, 0) is 16.1 Å². The molecule has 154 valence electrons. The Hall–Kier alpha value is -3.59. The van der Waals surface area contributed by atoms with Gasteiger partial charge in [0, 0.05) is 19.2 Å². The molecule has 2 aromatic carbocycles. The molecule has 9 nitrogen and oxygen atoms in total. The minimum atomic E-state index is -0.652. The van der Waals surface area contributed by atoms with Gasteiger partial charge in [-0.15, -0.1) is 0 Å². The van der Waals surface area contributed by atoms with E-state index in [2.05, 4.69) is 9.97 Å². The average Bonchev–Trinajstić information content (AvgIpc) is 2.77. The minimum absolute atomic E-state index is 0.0679. The number of carbonyl (C=O) groups is 1. The first-order valence-corrected chi connectivity index (χ1v) is 9.53. The molecule has 0 atom stereocenters. The minimum Gasteiger partial charge on any atom is -0.456 e. The maximum atomic E-state index is 12.5. The summed E-state index contributed by atoms with van der Waals surface area (Å²) in [7, 11) is 0. The summed E-state index contributed by atoms with van der Waals surface area (Å²) < 4.78 is 10.7. The number of rotatable bonds is 5. The van der Waals surface area contributed by atoms with Crippen molar-refractivity contribution in [1.82, 2.24) is 9.97 Å². The number of hydrogen-bond acceptors (Lipinski definition) is 8. The number of aromatic nitrogens is 2. The second kappa shape index (κ2) is 8.42. The smallest absolute Gasteiger partial charge is 0.338 e. The predicted octanol–water partition coefficient (Wildman–Crippen LogP) is 3.04. The lowest BCUT2D eigenvalue weighted by Gasteiger charge is -2.28. The van der Waals surface area contributed by atoms with Crippen molar-refractivity contribution < 1.29 is 19.2 Å². The molecule has 0 N–H and O–H groups in total. The van der Waals surface area contributed by atoms with Crippen LogP contribution in [0.25, 0.3) is 11.0 Å². The van der Waals surface area contributed by atoms with E-state index >= 15 is 0 Å². The van der Waals surface area contributed by atoms with Crippen LogP contribution in [0.1, 0.15) is 21.7 Å². The van der Waals surface area contributed by atoms with Crippen LogP contribution in [0, 0.1) is 17.0 Å². The lowest BCUT2D eigenvalue weighted by molar-refractivity contribution is -0.384. The van der Waals surface area contributed by atoms with Gasteiger partial charge in [-0.1, -0.05) is 12.1 Å². The molecule has 1 aliphatic heterocycles. The lowest BCUT2D eigenvalue weighted by atomic mass is 10.1. The maximum absolute atomic E-state index is 12.5. The average molecular weight is 408 g/mol. The fraction of sp³-hybridized carbons (Fsp3) is 0.286. The summed E-state index contributed by atoms with van der Waals surface area (Å²) in [5.74, 6) is -0.652. The monoisotopic (exact) mass is 408 g/mol. The van der Waals surface area contributed by atoms with E-state index in [1.807, 2.05) is 29.2 Å². The van der Waals surface area contributed by atoms with Gasteiger partial charge in [0.25, 0.3) is 5.69 Å². The number of carbonyl (C=O) groups excluding carboxylic acids is 1. The third kappa shape index (κ3) is 4.06. The van der Waals surface area contributed by atoms with E-state index in [1.54, 1.807) is 19.1 Å². The molecule has 1 saturated heterocycles. The number of ether oxygens (including phenoxy) is 2. The van der Waals surface area contributed by atoms with Crippen molar-refractivity contribution in [2.45, 2.75) is 13.5 Å². The van der Waals surface area contributed by atoms with E-state index in [9.17, 15) is 14.9 Å². The van der Waals surface area contributed by atoms with E-state index < -0.39 is 10.9 Å². The molecule has 0 radical (unpaired) electrons. The molecule has 0 unspecified atom stereocenters. The second-order valence-corrected chi connectivity index (χ2v) is 6.88. The van der Waals surface area contributed by atoms with E-state index in [0.29, 0.717) is 48.9 Å². The molecule has 0 saturated carbocycles. The van der Waals surface area contributed by atoms with Crippen molar-refractivity contribution in [2.75, 3.05) is 31.2 Å². The number of nitrogens with zero attached hydrogens (tertiary/aromatic N) is 4. The van der Waals surface area contributed by atoms with Crippen molar-refractivity contribution in [3.05, 3.63) is 69.5 Å². The summed E-state index contributed by atoms with van der Waals surface area (Å²) in [6, 6.07) is 11.8. The number of hydrogen-bond donors (Lipinski definition) is 0. The van der Waals surface area contributed by atoms with E-state index in [-0.39, 0.29) is 17.9 Å². The van der Waals surface area contributed by atoms with Crippen LogP contribution in [0.2, 0.25) is 0 Å². The quantitative estimate of drug-likeness (QED) is 0.360. The van der Waals surface area contributed by atoms with Crippen LogP contribution in [-0.4, -0.2) is 47.2 Å². The zero-order chi connectivity index (χ0) is 21.1. The van der Waals surface area contributed by atoms with E-state index in [0.717, 1.165) is 5.52 Å². The van der Waals surface area contributed by atoms with Gasteiger partial charge >= 0.3 is 5.97 Å². The van der Waals surface area contributed by atoms with Crippen LogP contribution < -0.4 is 4.90 Å². The number of anilines is 1. The first kappa shape index (κ1) is 19.7. The molecule has 1 aromatic heterocycles. The number of morpholine rings is 1. The van der Waals surface area contributed by atoms with Crippen molar-refractivity contribution in [3.8, 4) is 0 Å². The van der Waals surface area contributed by atoms with Gasteiger partial charge in [0.2, 0.25) is 0 Å². The molecule has 9 heteroatoms. The molecule has 2 heterocycles. The number of esters is 1. The predicted molar refractivity (Wildman–Crippen MR) is 110 cm³/mol. The molecular weight excluding hydrogens is 388 g/mol. The van der Waals surface area contributed by atoms with Crippen LogP contribution in [0.3, 0.4) is 0 Å². The second-order valence-electron chi connectivity index (χ2n) is 6.88. The highest BCUT2D eigenvalue weighted by Crippen LogP contribution is 2.30. The SMILES string of the molecule is Cc1nc2ccccc2nc1COC(=O)c1ccc(N2CCOCC2)c([N+](=O)[O-])c1. The molecule has 1 aliphatic rings.